The second kappa shape index (κ2) is 7.81. The van der Waals surface area contributed by atoms with Gasteiger partial charge in [-0.05, 0) is 46.6 Å². The van der Waals surface area contributed by atoms with Gasteiger partial charge in [-0.2, -0.15) is 0 Å². The molecule has 1 fully saturated rings. The van der Waals surface area contributed by atoms with Gasteiger partial charge < -0.3 is 15.0 Å². The van der Waals surface area contributed by atoms with E-state index in [1.54, 1.807) is 0 Å². The van der Waals surface area contributed by atoms with Crippen LogP contribution < -0.4 is 10.1 Å². The lowest BCUT2D eigenvalue weighted by molar-refractivity contribution is 0.0708. The van der Waals surface area contributed by atoms with E-state index in [0.717, 1.165) is 35.4 Å². The van der Waals surface area contributed by atoms with Crippen LogP contribution in [0.3, 0.4) is 0 Å². The molecule has 2 aromatic rings. The Bertz CT molecular complexity index is 706. The van der Waals surface area contributed by atoms with Crippen molar-refractivity contribution in [2.75, 3.05) is 19.6 Å². The van der Waals surface area contributed by atoms with Crippen molar-refractivity contribution in [3.05, 3.63) is 64.1 Å². The number of ether oxygens (including phenoxy) is 1. The second-order valence-corrected chi connectivity index (χ2v) is 6.88. The Morgan fingerprint density at radius 1 is 1.29 bits per heavy atom. The number of carbonyl (C=O) groups is 1. The normalized spacial score (nSPS) is 17.6. The van der Waals surface area contributed by atoms with Crippen LogP contribution in [-0.4, -0.2) is 36.5 Å². The molecule has 0 spiro atoms. The quantitative estimate of drug-likeness (QED) is 0.871. The molecular weight excluding hydrogens is 368 g/mol. The van der Waals surface area contributed by atoms with Crippen LogP contribution in [0.1, 0.15) is 22.8 Å². The highest BCUT2D eigenvalue weighted by molar-refractivity contribution is 9.10. The van der Waals surface area contributed by atoms with E-state index in [2.05, 4.69) is 28.2 Å². The van der Waals surface area contributed by atoms with Crippen molar-refractivity contribution in [2.24, 2.45) is 0 Å². The second-order valence-electron chi connectivity index (χ2n) is 6.02. The number of halogens is 1. The van der Waals surface area contributed by atoms with Crippen molar-refractivity contribution in [3.8, 4) is 5.75 Å². The van der Waals surface area contributed by atoms with Crippen LogP contribution in [-0.2, 0) is 6.61 Å². The van der Waals surface area contributed by atoms with Gasteiger partial charge in [0, 0.05) is 30.1 Å². The molecule has 0 saturated carbocycles. The molecule has 0 aliphatic carbocycles. The first-order valence-electron chi connectivity index (χ1n) is 8.12. The Labute approximate surface area is 150 Å². The Morgan fingerprint density at radius 2 is 2.08 bits per heavy atom. The molecule has 0 bridgehead atoms. The third-order valence-electron chi connectivity index (χ3n) is 4.08. The maximum atomic E-state index is 12.7. The van der Waals surface area contributed by atoms with E-state index in [4.69, 9.17) is 4.74 Å². The Balaban J connectivity index is 1.67. The van der Waals surface area contributed by atoms with Crippen LogP contribution in [0.25, 0.3) is 0 Å². The van der Waals surface area contributed by atoms with Crippen molar-refractivity contribution < 1.29 is 9.53 Å². The molecule has 3 rings (SSSR count). The van der Waals surface area contributed by atoms with Gasteiger partial charge in [-0.3, -0.25) is 4.79 Å². The number of nitrogens with zero attached hydrogens (tertiary/aromatic N) is 1. The molecule has 0 unspecified atom stereocenters. The highest BCUT2D eigenvalue weighted by Crippen LogP contribution is 2.25. The van der Waals surface area contributed by atoms with E-state index in [9.17, 15) is 4.79 Å². The minimum Gasteiger partial charge on any atom is -0.489 e. The number of benzene rings is 2. The Morgan fingerprint density at radius 3 is 2.79 bits per heavy atom. The van der Waals surface area contributed by atoms with Gasteiger partial charge in [-0.1, -0.05) is 30.3 Å². The molecule has 0 aromatic heterocycles. The monoisotopic (exact) mass is 388 g/mol. The van der Waals surface area contributed by atoms with Crippen molar-refractivity contribution in [1.29, 1.82) is 0 Å². The van der Waals surface area contributed by atoms with Gasteiger partial charge in [0.25, 0.3) is 5.91 Å². The highest BCUT2D eigenvalue weighted by atomic mass is 79.9. The molecule has 1 aliphatic rings. The minimum absolute atomic E-state index is 0.0600. The van der Waals surface area contributed by atoms with Crippen LogP contribution in [0.2, 0.25) is 0 Å². The van der Waals surface area contributed by atoms with E-state index >= 15 is 0 Å². The van der Waals surface area contributed by atoms with E-state index in [0.29, 0.717) is 18.2 Å². The number of hydrogen-bond donors (Lipinski definition) is 1. The fourth-order valence-electron chi connectivity index (χ4n) is 2.79. The largest absolute Gasteiger partial charge is 0.489 e. The number of piperazine rings is 1. The third kappa shape index (κ3) is 4.16. The average Bonchev–Trinajstić information content (AvgIpc) is 2.60. The molecule has 126 valence electrons. The minimum atomic E-state index is 0.0600. The van der Waals surface area contributed by atoms with Gasteiger partial charge in [-0.15, -0.1) is 0 Å². The van der Waals surface area contributed by atoms with Crippen molar-refractivity contribution >= 4 is 21.8 Å². The standard InChI is InChI=1S/C19H21BrN2O2/c1-14-12-22(10-9-21-14)19(23)17-8-7-16(11-18(17)20)24-13-15-5-3-2-4-6-15/h2-8,11,14,21H,9-10,12-13H2,1H3/t14-/m0/s1. The first kappa shape index (κ1) is 17.0. The molecule has 2 aromatic carbocycles. The van der Waals surface area contributed by atoms with Crippen LogP contribution >= 0.6 is 15.9 Å². The van der Waals surface area contributed by atoms with Crippen molar-refractivity contribution in [1.82, 2.24) is 10.2 Å². The van der Waals surface area contributed by atoms with Crippen LogP contribution in [0.4, 0.5) is 0 Å². The fourth-order valence-corrected chi connectivity index (χ4v) is 3.31. The molecule has 1 heterocycles. The lowest BCUT2D eigenvalue weighted by atomic mass is 10.1. The van der Waals surface area contributed by atoms with Gasteiger partial charge in [0.05, 0.1) is 5.56 Å². The SMILES string of the molecule is C[C@H]1CN(C(=O)c2ccc(OCc3ccccc3)cc2Br)CCN1. The maximum Gasteiger partial charge on any atom is 0.255 e. The van der Waals surface area contributed by atoms with Gasteiger partial charge in [0.15, 0.2) is 0 Å². The van der Waals surface area contributed by atoms with Crippen molar-refractivity contribution in [2.45, 2.75) is 19.6 Å². The summed E-state index contributed by atoms with van der Waals surface area (Å²) in [5, 5.41) is 3.35. The van der Waals surface area contributed by atoms with Gasteiger partial charge >= 0.3 is 0 Å². The number of rotatable bonds is 4. The molecule has 1 atom stereocenters. The summed E-state index contributed by atoms with van der Waals surface area (Å²) in [5.41, 5.74) is 1.79. The van der Waals surface area contributed by atoms with E-state index in [-0.39, 0.29) is 5.91 Å². The Hall–Kier alpha value is -1.85. The first-order chi connectivity index (χ1) is 11.6. The molecule has 1 amide bonds. The number of hydrogen-bond acceptors (Lipinski definition) is 3. The summed E-state index contributed by atoms with van der Waals surface area (Å²) in [6, 6.07) is 15.9. The fraction of sp³-hybridized carbons (Fsp3) is 0.316. The molecular formula is C19H21BrN2O2. The molecule has 24 heavy (non-hydrogen) atoms. The lowest BCUT2D eigenvalue weighted by Crippen LogP contribution is -2.51. The predicted octanol–water partition coefficient (Wildman–Crippen LogP) is 3.46. The molecule has 0 radical (unpaired) electrons. The van der Waals surface area contributed by atoms with Gasteiger partial charge in [-0.25, -0.2) is 0 Å². The topological polar surface area (TPSA) is 41.6 Å². The molecule has 4 nitrogen and oxygen atoms in total. The van der Waals surface area contributed by atoms with Crippen LogP contribution in [0.15, 0.2) is 53.0 Å². The van der Waals surface area contributed by atoms with Gasteiger partial charge in [0.2, 0.25) is 0 Å². The predicted molar refractivity (Wildman–Crippen MR) is 98.3 cm³/mol. The Kier molecular flexibility index (Phi) is 5.53. The summed E-state index contributed by atoms with van der Waals surface area (Å²) in [6.07, 6.45) is 0. The molecule has 1 aliphatic heterocycles. The average molecular weight is 389 g/mol. The number of carbonyl (C=O) groups excluding carboxylic acids is 1. The maximum absolute atomic E-state index is 12.7. The van der Waals surface area contributed by atoms with Crippen molar-refractivity contribution in [3.63, 3.8) is 0 Å². The smallest absolute Gasteiger partial charge is 0.255 e. The van der Waals surface area contributed by atoms with E-state index < -0.39 is 0 Å². The summed E-state index contributed by atoms with van der Waals surface area (Å²) < 4.78 is 6.57. The summed E-state index contributed by atoms with van der Waals surface area (Å²) in [7, 11) is 0. The first-order valence-corrected chi connectivity index (χ1v) is 8.92. The van der Waals surface area contributed by atoms with E-state index in [1.807, 2.05) is 53.4 Å². The van der Waals surface area contributed by atoms with Crippen LogP contribution in [0.5, 0.6) is 5.75 Å². The molecule has 5 heteroatoms. The third-order valence-corrected chi connectivity index (χ3v) is 4.73. The number of nitrogens with one attached hydrogen (secondary N) is 1. The highest BCUT2D eigenvalue weighted by Gasteiger charge is 2.23. The summed E-state index contributed by atoms with van der Waals surface area (Å²) in [5.74, 6) is 0.806. The number of amides is 1. The summed E-state index contributed by atoms with van der Waals surface area (Å²) in [4.78, 5) is 14.6. The zero-order valence-electron chi connectivity index (χ0n) is 13.7. The lowest BCUT2D eigenvalue weighted by Gasteiger charge is -2.32. The molecule has 1 N–H and O–H groups in total. The zero-order valence-corrected chi connectivity index (χ0v) is 15.3. The summed E-state index contributed by atoms with van der Waals surface area (Å²) in [6.45, 7) is 4.91. The van der Waals surface area contributed by atoms with Crippen LogP contribution in [0, 0.1) is 0 Å². The summed E-state index contributed by atoms with van der Waals surface area (Å²) >= 11 is 3.51. The van der Waals surface area contributed by atoms with E-state index in [1.165, 1.54) is 0 Å². The molecule has 1 saturated heterocycles. The van der Waals surface area contributed by atoms with Gasteiger partial charge in [0.1, 0.15) is 12.4 Å². The zero-order chi connectivity index (χ0) is 16.9.